The molecule has 1 aromatic rings. The summed E-state index contributed by atoms with van der Waals surface area (Å²) in [6.07, 6.45) is 8.25. The lowest BCUT2D eigenvalue weighted by molar-refractivity contribution is -0.0440. The van der Waals surface area contributed by atoms with Gasteiger partial charge in [0.05, 0.1) is 15.7 Å². The maximum atomic E-state index is 13.1. The van der Waals surface area contributed by atoms with E-state index in [1.54, 1.807) is 18.2 Å². The zero-order valence-corrected chi connectivity index (χ0v) is 16.4. The monoisotopic (exact) mass is 390 g/mol. The molecule has 0 aromatic heterocycles. The van der Waals surface area contributed by atoms with E-state index < -0.39 is 0 Å². The topological polar surface area (TPSA) is 23.6 Å². The van der Waals surface area contributed by atoms with Crippen molar-refractivity contribution in [1.29, 1.82) is 0 Å². The fourth-order valence-corrected chi connectivity index (χ4v) is 4.43. The molecule has 2 aliphatic rings. The van der Waals surface area contributed by atoms with Crippen molar-refractivity contribution in [2.75, 3.05) is 20.1 Å². The van der Waals surface area contributed by atoms with E-state index in [4.69, 9.17) is 23.2 Å². The number of hydrogen-bond acceptors (Lipinski definition) is 2. The quantitative estimate of drug-likeness (QED) is 0.703. The van der Waals surface area contributed by atoms with Gasteiger partial charge in [-0.1, -0.05) is 29.6 Å². The van der Waals surface area contributed by atoms with E-state index in [1.165, 1.54) is 32.1 Å². The summed E-state index contributed by atoms with van der Waals surface area (Å²) in [4.78, 5) is 17.6. The lowest BCUT2D eigenvalue weighted by atomic mass is 9.86. The molecule has 0 N–H and O–H groups in total. The minimum atomic E-state index is -0.127. The van der Waals surface area contributed by atoms with E-state index in [1.807, 2.05) is 11.9 Å². The zero-order valence-electron chi connectivity index (χ0n) is 14.1. The molecule has 0 bridgehead atoms. The Balaban J connectivity index is 0.00000208. The number of benzene rings is 1. The highest BCUT2D eigenvalue weighted by Gasteiger charge is 2.44. The largest absolute Gasteiger partial charge is 0.323 e. The van der Waals surface area contributed by atoms with Gasteiger partial charge in [0, 0.05) is 25.7 Å². The lowest BCUT2D eigenvalue weighted by Gasteiger charge is -2.50. The van der Waals surface area contributed by atoms with Crippen LogP contribution in [0, 0.1) is 0 Å². The molecule has 0 radical (unpaired) electrons. The first-order chi connectivity index (χ1) is 11.0. The summed E-state index contributed by atoms with van der Waals surface area (Å²) in [5.41, 5.74) is 0.490. The smallest absolute Gasteiger partial charge is 0.255 e. The molecule has 0 unspecified atom stereocenters. The highest BCUT2D eigenvalue weighted by Crippen LogP contribution is 2.39. The summed E-state index contributed by atoms with van der Waals surface area (Å²) in [5, 5.41) is 0.919. The van der Waals surface area contributed by atoms with Crippen LogP contribution in [0.4, 0.5) is 0 Å². The number of carbonyl (C=O) groups excluding carboxylic acids is 1. The second-order valence-electron chi connectivity index (χ2n) is 6.73. The molecular formula is C18H25Cl3N2O. The highest BCUT2D eigenvalue weighted by molar-refractivity contribution is 6.42. The van der Waals surface area contributed by atoms with Gasteiger partial charge >= 0.3 is 0 Å². The number of amides is 1. The molecule has 1 aliphatic heterocycles. The van der Waals surface area contributed by atoms with Crippen molar-refractivity contribution < 1.29 is 4.79 Å². The van der Waals surface area contributed by atoms with Crippen molar-refractivity contribution in [2.24, 2.45) is 0 Å². The number of carbonyl (C=O) groups is 1. The number of halogens is 3. The van der Waals surface area contributed by atoms with Gasteiger partial charge in [-0.25, -0.2) is 0 Å². The molecule has 1 aliphatic carbocycles. The molecule has 0 spiro atoms. The zero-order chi connectivity index (χ0) is 16.4. The fourth-order valence-electron chi connectivity index (χ4n) is 4.13. The van der Waals surface area contributed by atoms with Gasteiger partial charge in [0.15, 0.2) is 0 Å². The Morgan fingerprint density at radius 1 is 1.04 bits per heavy atom. The Kier molecular flexibility index (Phi) is 6.83. The third-order valence-electron chi connectivity index (χ3n) is 5.44. The van der Waals surface area contributed by atoms with Crippen molar-refractivity contribution in [3.63, 3.8) is 0 Å². The average Bonchev–Trinajstić information content (AvgIpc) is 3.12. The summed E-state index contributed by atoms with van der Waals surface area (Å²) < 4.78 is 0. The van der Waals surface area contributed by atoms with Crippen LogP contribution in [0.15, 0.2) is 18.2 Å². The van der Waals surface area contributed by atoms with Gasteiger partial charge in [0.2, 0.25) is 0 Å². The van der Waals surface area contributed by atoms with Crippen molar-refractivity contribution in [2.45, 2.75) is 50.6 Å². The van der Waals surface area contributed by atoms with Crippen molar-refractivity contribution in [3.8, 4) is 0 Å². The Bertz CT molecular complexity index is 582. The normalized spacial score (nSPS) is 20.5. The lowest BCUT2D eigenvalue weighted by Crippen LogP contribution is -2.61. The Morgan fingerprint density at radius 2 is 1.67 bits per heavy atom. The summed E-state index contributed by atoms with van der Waals surface area (Å²) >= 11 is 12.1. The summed E-state index contributed by atoms with van der Waals surface area (Å²) in [6, 6.07) is 5.16. The van der Waals surface area contributed by atoms with Gasteiger partial charge in [0.1, 0.15) is 0 Å². The second kappa shape index (κ2) is 8.27. The Morgan fingerprint density at radius 3 is 2.25 bits per heavy atom. The van der Waals surface area contributed by atoms with Gasteiger partial charge in [-0.3, -0.25) is 9.69 Å². The van der Waals surface area contributed by atoms with Gasteiger partial charge in [-0.05, 0) is 56.7 Å². The molecule has 0 atom stereocenters. The first-order valence-corrected chi connectivity index (χ1v) is 9.28. The summed E-state index contributed by atoms with van der Waals surface area (Å²) in [7, 11) is 1.95. The van der Waals surface area contributed by atoms with Crippen LogP contribution in [0.25, 0.3) is 0 Å². The molecule has 2 fully saturated rings. The third kappa shape index (κ3) is 3.70. The summed E-state index contributed by atoms with van der Waals surface area (Å²) in [5.74, 6) is 0.0392. The predicted octanol–water partition coefficient (Wildman–Crippen LogP) is 5.24. The molecule has 6 heteroatoms. The molecule has 1 aromatic carbocycles. The molecule has 1 heterocycles. The number of nitrogens with zero attached hydrogens (tertiary/aromatic N) is 2. The molecule has 24 heavy (non-hydrogen) atoms. The number of rotatable bonds is 3. The van der Waals surface area contributed by atoms with E-state index in [0.29, 0.717) is 15.6 Å². The van der Waals surface area contributed by atoms with Gasteiger partial charge in [-0.2, -0.15) is 0 Å². The van der Waals surface area contributed by atoms with Crippen LogP contribution < -0.4 is 0 Å². The first kappa shape index (κ1) is 19.8. The van der Waals surface area contributed by atoms with Crippen LogP contribution in [-0.2, 0) is 0 Å². The number of likely N-dealkylation sites (tertiary alicyclic amines) is 1. The van der Waals surface area contributed by atoms with Gasteiger partial charge in [-0.15, -0.1) is 12.4 Å². The van der Waals surface area contributed by atoms with Crippen LogP contribution in [0.1, 0.15) is 55.3 Å². The molecule has 3 rings (SSSR count). The van der Waals surface area contributed by atoms with E-state index in [-0.39, 0.29) is 24.0 Å². The standard InChI is InChI=1S/C18H24Cl2N2O.ClH/c1-21(17(23)14-7-8-15(19)16(20)13-14)18(9-3-2-4-10-18)22-11-5-6-12-22;/h7-8,13H,2-6,9-12H2,1H3;1H. The second-order valence-corrected chi connectivity index (χ2v) is 7.54. The maximum Gasteiger partial charge on any atom is 0.255 e. The highest BCUT2D eigenvalue weighted by atomic mass is 35.5. The van der Waals surface area contributed by atoms with Crippen LogP contribution in [0.3, 0.4) is 0 Å². The fraction of sp³-hybridized carbons (Fsp3) is 0.611. The van der Waals surface area contributed by atoms with Crippen molar-refractivity contribution in [3.05, 3.63) is 33.8 Å². The SMILES string of the molecule is CN(C(=O)c1ccc(Cl)c(Cl)c1)C1(N2CCCC2)CCCCC1.Cl. The minimum Gasteiger partial charge on any atom is -0.323 e. The number of hydrogen-bond donors (Lipinski definition) is 0. The van der Waals surface area contributed by atoms with E-state index >= 15 is 0 Å². The molecule has 1 amide bonds. The van der Waals surface area contributed by atoms with Crippen LogP contribution in [0.5, 0.6) is 0 Å². The van der Waals surface area contributed by atoms with E-state index in [0.717, 1.165) is 25.9 Å². The Hall–Kier alpha value is -0.480. The molecule has 3 nitrogen and oxygen atoms in total. The Labute approximate surface area is 160 Å². The van der Waals surface area contributed by atoms with Gasteiger partial charge in [0.25, 0.3) is 5.91 Å². The third-order valence-corrected chi connectivity index (χ3v) is 6.18. The van der Waals surface area contributed by atoms with Crippen LogP contribution >= 0.6 is 35.6 Å². The predicted molar refractivity (Wildman–Crippen MR) is 102 cm³/mol. The van der Waals surface area contributed by atoms with E-state index in [2.05, 4.69) is 4.90 Å². The van der Waals surface area contributed by atoms with Crippen molar-refractivity contribution in [1.82, 2.24) is 9.80 Å². The minimum absolute atomic E-state index is 0. The van der Waals surface area contributed by atoms with Crippen LogP contribution in [-0.4, -0.2) is 41.5 Å². The molecular weight excluding hydrogens is 367 g/mol. The van der Waals surface area contributed by atoms with E-state index in [9.17, 15) is 4.79 Å². The average molecular weight is 392 g/mol. The molecule has 1 saturated carbocycles. The maximum absolute atomic E-state index is 13.1. The van der Waals surface area contributed by atoms with Crippen molar-refractivity contribution >= 4 is 41.5 Å². The molecule has 134 valence electrons. The van der Waals surface area contributed by atoms with Crippen LogP contribution in [0.2, 0.25) is 10.0 Å². The first-order valence-electron chi connectivity index (χ1n) is 8.53. The van der Waals surface area contributed by atoms with Gasteiger partial charge < -0.3 is 4.90 Å². The molecule has 1 saturated heterocycles. The summed E-state index contributed by atoms with van der Waals surface area (Å²) in [6.45, 7) is 2.19.